The molecule has 0 aliphatic carbocycles. The molecule has 31 heavy (non-hydrogen) atoms. The van der Waals surface area contributed by atoms with Gasteiger partial charge in [-0.25, -0.2) is 0 Å². The van der Waals surface area contributed by atoms with Gasteiger partial charge in [0, 0.05) is 32.1 Å². The van der Waals surface area contributed by atoms with Crippen LogP contribution in [0, 0.1) is 10.1 Å². The summed E-state index contributed by atoms with van der Waals surface area (Å²) in [5, 5.41) is 18.5. The zero-order valence-electron chi connectivity index (χ0n) is 15.5. The lowest BCUT2D eigenvalue weighted by molar-refractivity contribution is -0.383. The molecule has 6 aromatic rings. The first-order valence-corrected chi connectivity index (χ1v) is 10.9. The van der Waals surface area contributed by atoms with Gasteiger partial charge in [0.15, 0.2) is 0 Å². The van der Waals surface area contributed by atoms with E-state index in [1.807, 2.05) is 42.5 Å². The molecule has 0 aromatic heterocycles. The van der Waals surface area contributed by atoms with Crippen molar-refractivity contribution in [2.45, 2.75) is 0 Å². The number of hydrogen-bond donors (Lipinski definition) is 0. The van der Waals surface area contributed by atoms with Crippen LogP contribution >= 0.6 is 31.9 Å². The lowest BCUT2D eigenvalue weighted by Crippen LogP contribution is -2.25. The summed E-state index contributed by atoms with van der Waals surface area (Å²) in [4.78, 5) is 37.7. The highest BCUT2D eigenvalue weighted by molar-refractivity contribution is 9.13. The maximum Gasteiger partial charge on any atom is 0.277 e. The monoisotopic (exact) mass is 533 g/mol. The highest BCUT2D eigenvalue weighted by Gasteiger charge is 2.27. The lowest BCUT2D eigenvalue weighted by Gasteiger charge is -2.17. The molecule has 0 spiro atoms. The van der Waals surface area contributed by atoms with Gasteiger partial charge in [-0.2, -0.15) is 0 Å². The minimum absolute atomic E-state index is 0.0680. The third-order valence-electron chi connectivity index (χ3n) is 5.98. The predicted molar refractivity (Wildman–Crippen MR) is 131 cm³/mol. The summed E-state index contributed by atoms with van der Waals surface area (Å²) in [6.07, 6.45) is 0. The summed E-state index contributed by atoms with van der Waals surface area (Å²) < 4.78 is 0.414. The Morgan fingerprint density at radius 2 is 1.32 bits per heavy atom. The van der Waals surface area contributed by atoms with E-state index in [0.29, 0.717) is 26.0 Å². The van der Waals surface area contributed by atoms with Crippen LogP contribution in [0.3, 0.4) is 0 Å². The Hall–Kier alpha value is -3.16. The minimum atomic E-state index is -0.680. The molecule has 0 heterocycles. The van der Waals surface area contributed by atoms with Gasteiger partial charge < -0.3 is 0 Å². The Morgan fingerprint density at radius 1 is 0.645 bits per heavy atom. The molecule has 0 aliphatic rings. The molecular formula is C24H9Br2NO4. The van der Waals surface area contributed by atoms with Gasteiger partial charge >= 0.3 is 0 Å². The van der Waals surface area contributed by atoms with Crippen molar-refractivity contribution in [3.05, 3.63) is 94.1 Å². The minimum Gasteiger partial charge on any atom is -0.285 e. The summed E-state index contributed by atoms with van der Waals surface area (Å²) in [6, 6.07) is 16.7. The molecule has 0 saturated heterocycles. The van der Waals surface area contributed by atoms with Gasteiger partial charge in [-0.15, -0.1) is 0 Å². The fourth-order valence-electron chi connectivity index (χ4n) is 4.75. The quantitative estimate of drug-likeness (QED) is 0.0794. The van der Waals surface area contributed by atoms with Crippen LogP contribution in [0.1, 0.15) is 0 Å². The van der Waals surface area contributed by atoms with Crippen LogP contribution in [-0.2, 0) is 0 Å². The smallest absolute Gasteiger partial charge is 0.277 e. The number of hydrogen-bond acceptors (Lipinski definition) is 4. The molecule has 0 N–H and O–H groups in total. The van der Waals surface area contributed by atoms with Crippen LogP contribution < -0.4 is 10.9 Å². The van der Waals surface area contributed by atoms with Gasteiger partial charge in [-0.1, -0.05) is 36.4 Å². The Morgan fingerprint density at radius 3 is 2.10 bits per heavy atom. The van der Waals surface area contributed by atoms with Crippen LogP contribution in [0.15, 0.2) is 73.1 Å². The molecule has 5 nitrogen and oxygen atoms in total. The van der Waals surface area contributed by atoms with Gasteiger partial charge in [0.05, 0.1) is 14.8 Å². The second-order valence-electron chi connectivity index (χ2n) is 7.49. The van der Waals surface area contributed by atoms with Gasteiger partial charge in [0.2, 0.25) is 10.9 Å². The maximum atomic E-state index is 13.3. The van der Waals surface area contributed by atoms with Crippen LogP contribution in [0.2, 0.25) is 0 Å². The van der Waals surface area contributed by atoms with Gasteiger partial charge in [-0.3, -0.25) is 19.7 Å². The van der Waals surface area contributed by atoms with Gasteiger partial charge in [0.1, 0.15) is 0 Å². The van der Waals surface area contributed by atoms with E-state index in [-0.39, 0.29) is 15.5 Å². The molecule has 7 heteroatoms. The zero-order valence-corrected chi connectivity index (χ0v) is 18.7. The molecule has 0 unspecified atom stereocenters. The topological polar surface area (TPSA) is 77.3 Å². The molecule has 0 bridgehead atoms. The Bertz CT molecular complexity index is 1880. The number of halogens is 2. The van der Waals surface area contributed by atoms with Crippen LogP contribution in [0.4, 0.5) is 5.69 Å². The summed E-state index contributed by atoms with van der Waals surface area (Å²) in [6.45, 7) is 0. The molecule has 0 fully saturated rings. The summed E-state index contributed by atoms with van der Waals surface area (Å²) in [5.41, 5.74) is -1.46. The van der Waals surface area contributed by atoms with Crippen molar-refractivity contribution in [1.29, 1.82) is 0 Å². The summed E-state index contributed by atoms with van der Waals surface area (Å²) >= 11 is 6.67. The average molecular weight is 535 g/mol. The van der Waals surface area contributed by atoms with E-state index in [2.05, 4.69) is 31.9 Å². The van der Waals surface area contributed by atoms with E-state index < -0.39 is 15.8 Å². The highest BCUT2D eigenvalue weighted by Crippen LogP contribution is 2.47. The Balaban J connectivity index is 2.20. The molecule has 0 radical (unpaired) electrons. The summed E-state index contributed by atoms with van der Waals surface area (Å²) in [5.74, 6) is 0. The Labute approximate surface area is 190 Å². The van der Waals surface area contributed by atoms with E-state index in [4.69, 9.17) is 0 Å². The normalized spacial score (nSPS) is 12.1. The van der Waals surface area contributed by atoms with E-state index in [1.165, 1.54) is 6.07 Å². The molecule has 6 rings (SSSR count). The van der Waals surface area contributed by atoms with Crippen molar-refractivity contribution in [3.63, 3.8) is 0 Å². The van der Waals surface area contributed by atoms with Crippen LogP contribution in [-0.4, -0.2) is 4.92 Å². The van der Waals surface area contributed by atoms with Crippen molar-refractivity contribution in [3.8, 4) is 0 Å². The number of non-ortho nitro benzene ring substituents is 1. The fourth-order valence-corrected chi connectivity index (χ4v) is 5.70. The van der Waals surface area contributed by atoms with Gasteiger partial charge in [-0.05, 0) is 70.9 Å². The van der Waals surface area contributed by atoms with E-state index in [0.717, 1.165) is 26.9 Å². The number of nitro benzene ring substituents is 1. The molecule has 0 saturated carbocycles. The van der Waals surface area contributed by atoms with Crippen molar-refractivity contribution < 1.29 is 4.92 Å². The molecule has 6 aromatic carbocycles. The second kappa shape index (κ2) is 6.18. The van der Waals surface area contributed by atoms with Crippen molar-refractivity contribution in [1.82, 2.24) is 0 Å². The third kappa shape index (κ3) is 2.25. The first-order valence-electron chi connectivity index (χ1n) is 9.35. The highest BCUT2D eigenvalue weighted by atomic mass is 79.9. The van der Waals surface area contributed by atoms with Crippen LogP contribution in [0.5, 0.6) is 0 Å². The Kier molecular flexibility index (Phi) is 3.71. The zero-order chi connectivity index (χ0) is 21.6. The molecule has 148 valence electrons. The van der Waals surface area contributed by atoms with E-state index in [1.54, 1.807) is 6.07 Å². The number of nitro groups is 1. The fraction of sp³-hybridized carbons (Fsp3) is 0. The molecule has 0 atom stereocenters. The average Bonchev–Trinajstić information content (AvgIpc) is 2.78. The number of fused-ring (bicyclic) bond motifs is 5. The largest absolute Gasteiger partial charge is 0.285 e. The second-order valence-corrected chi connectivity index (χ2v) is 9.07. The van der Waals surface area contributed by atoms with E-state index in [9.17, 15) is 19.7 Å². The number of nitrogens with zero attached hydrogens (tertiary/aromatic N) is 1. The first kappa shape index (κ1) is 18.6. The summed E-state index contributed by atoms with van der Waals surface area (Å²) in [7, 11) is 0. The standard InChI is InChI=1S/C24H9Br2NO4/c25-21-19-18-14(27(30)31)8-7-10-5-6-12-9-11-3-1-2-4-13(11)17(16(12)15(10)18)20(19)23(28)24(29)22(21)26/h1-9H. The van der Waals surface area contributed by atoms with Gasteiger partial charge in [0.25, 0.3) is 5.69 Å². The van der Waals surface area contributed by atoms with Crippen molar-refractivity contribution in [2.75, 3.05) is 0 Å². The predicted octanol–water partition coefficient (Wildman–Crippen LogP) is 6.48. The van der Waals surface area contributed by atoms with E-state index >= 15 is 0 Å². The third-order valence-corrected chi connectivity index (χ3v) is 8.06. The number of rotatable bonds is 1. The molecular weight excluding hydrogens is 526 g/mol. The lowest BCUT2D eigenvalue weighted by atomic mass is 9.86. The number of benzene rings is 6. The molecule has 0 amide bonds. The first-order chi connectivity index (χ1) is 14.9. The molecule has 0 aliphatic heterocycles. The SMILES string of the molecule is O=c1c(Br)c(Br)c2c3c([N+](=O)[O-])ccc4ccc5cc6ccccc6c(c2c1=O)c5c43. The van der Waals surface area contributed by atoms with Crippen molar-refractivity contribution in [2.24, 2.45) is 0 Å². The maximum absolute atomic E-state index is 13.3. The van der Waals surface area contributed by atoms with Crippen molar-refractivity contribution >= 4 is 91.4 Å². The van der Waals surface area contributed by atoms with Crippen LogP contribution in [0.25, 0.3) is 53.9 Å².